The molecule has 0 atom stereocenters. The summed E-state index contributed by atoms with van der Waals surface area (Å²) in [6.07, 6.45) is 2.60. The highest BCUT2D eigenvalue weighted by Gasteiger charge is 2.13. The minimum atomic E-state index is -0.487. The van der Waals surface area contributed by atoms with Crippen molar-refractivity contribution in [2.45, 2.75) is 13.8 Å². The molecule has 2 N–H and O–H groups in total. The molecule has 0 amide bonds. The molecular formula is C12H15FN6. The summed E-state index contributed by atoms with van der Waals surface area (Å²) < 4.78 is 13.7. The number of hydrogen-bond donors (Lipinski definition) is 1. The van der Waals surface area contributed by atoms with Gasteiger partial charge >= 0.3 is 0 Å². The first-order valence-electron chi connectivity index (χ1n) is 6.02. The summed E-state index contributed by atoms with van der Waals surface area (Å²) >= 11 is 0. The summed E-state index contributed by atoms with van der Waals surface area (Å²) in [5.74, 6) is 0.250. The third-order valence-electron chi connectivity index (χ3n) is 2.70. The fourth-order valence-electron chi connectivity index (χ4n) is 1.71. The zero-order valence-electron chi connectivity index (χ0n) is 10.8. The SMILES string of the molecule is CCN(CC)c1nc(N)nc(-c2ccncc2F)n1. The van der Waals surface area contributed by atoms with E-state index in [2.05, 4.69) is 19.9 Å². The summed E-state index contributed by atoms with van der Waals surface area (Å²) in [5.41, 5.74) is 5.93. The van der Waals surface area contributed by atoms with Gasteiger partial charge < -0.3 is 10.6 Å². The molecule has 2 rings (SSSR count). The molecule has 2 heterocycles. The topological polar surface area (TPSA) is 80.8 Å². The van der Waals surface area contributed by atoms with Gasteiger partial charge in [-0.3, -0.25) is 4.98 Å². The van der Waals surface area contributed by atoms with Gasteiger partial charge in [0.15, 0.2) is 11.6 Å². The van der Waals surface area contributed by atoms with Gasteiger partial charge in [0.25, 0.3) is 0 Å². The van der Waals surface area contributed by atoms with Gasteiger partial charge in [-0.05, 0) is 19.9 Å². The molecule has 2 aromatic rings. The summed E-state index contributed by atoms with van der Waals surface area (Å²) in [4.78, 5) is 17.9. The zero-order valence-corrected chi connectivity index (χ0v) is 10.8. The van der Waals surface area contributed by atoms with Crippen LogP contribution >= 0.6 is 0 Å². The van der Waals surface area contributed by atoms with Crippen molar-refractivity contribution in [2.75, 3.05) is 23.7 Å². The second-order valence-electron chi connectivity index (χ2n) is 3.85. The van der Waals surface area contributed by atoms with Crippen molar-refractivity contribution in [3.8, 4) is 11.4 Å². The van der Waals surface area contributed by atoms with Crippen molar-refractivity contribution >= 4 is 11.9 Å². The Balaban J connectivity index is 2.51. The third-order valence-corrected chi connectivity index (χ3v) is 2.70. The van der Waals surface area contributed by atoms with Crippen LogP contribution in [0.2, 0.25) is 0 Å². The highest BCUT2D eigenvalue weighted by atomic mass is 19.1. The lowest BCUT2D eigenvalue weighted by atomic mass is 10.2. The van der Waals surface area contributed by atoms with Crippen LogP contribution in [0, 0.1) is 5.82 Å². The van der Waals surface area contributed by atoms with Gasteiger partial charge in [-0.15, -0.1) is 0 Å². The molecule has 0 saturated heterocycles. The van der Waals surface area contributed by atoms with Gasteiger partial charge in [0.1, 0.15) is 0 Å². The Morgan fingerprint density at radius 3 is 2.58 bits per heavy atom. The summed E-state index contributed by atoms with van der Waals surface area (Å²) in [6.45, 7) is 5.43. The van der Waals surface area contributed by atoms with Crippen molar-refractivity contribution in [1.29, 1.82) is 0 Å². The van der Waals surface area contributed by atoms with Crippen molar-refractivity contribution in [1.82, 2.24) is 19.9 Å². The molecule has 100 valence electrons. The lowest BCUT2D eigenvalue weighted by molar-refractivity contribution is 0.623. The average Bonchev–Trinajstić information content (AvgIpc) is 2.40. The smallest absolute Gasteiger partial charge is 0.230 e. The van der Waals surface area contributed by atoms with E-state index in [1.54, 1.807) is 0 Å². The van der Waals surface area contributed by atoms with Crippen molar-refractivity contribution in [2.24, 2.45) is 0 Å². The Kier molecular flexibility index (Phi) is 3.84. The molecule has 0 unspecified atom stereocenters. The van der Waals surface area contributed by atoms with E-state index in [4.69, 9.17) is 5.73 Å². The van der Waals surface area contributed by atoms with Crippen molar-refractivity contribution in [3.05, 3.63) is 24.3 Å². The van der Waals surface area contributed by atoms with Gasteiger partial charge in [-0.2, -0.15) is 15.0 Å². The first kappa shape index (κ1) is 13.1. The molecule has 2 aromatic heterocycles. The van der Waals surface area contributed by atoms with E-state index in [1.807, 2.05) is 18.7 Å². The first-order valence-corrected chi connectivity index (χ1v) is 6.02. The second-order valence-corrected chi connectivity index (χ2v) is 3.85. The second kappa shape index (κ2) is 5.55. The number of nitrogen functional groups attached to an aromatic ring is 1. The number of pyridine rings is 1. The van der Waals surface area contributed by atoms with E-state index in [9.17, 15) is 4.39 Å². The molecule has 0 aromatic carbocycles. The van der Waals surface area contributed by atoms with Crippen LogP contribution in [0.3, 0.4) is 0 Å². The highest BCUT2D eigenvalue weighted by Crippen LogP contribution is 2.20. The molecule has 0 fully saturated rings. The van der Waals surface area contributed by atoms with Crippen LogP contribution in [0.4, 0.5) is 16.3 Å². The Morgan fingerprint density at radius 2 is 1.95 bits per heavy atom. The maximum Gasteiger partial charge on any atom is 0.230 e. The molecule has 19 heavy (non-hydrogen) atoms. The molecular weight excluding hydrogens is 247 g/mol. The largest absolute Gasteiger partial charge is 0.368 e. The van der Waals surface area contributed by atoms with Gasteiger partial charge in [0, 0.05) is 19.3 Å². The third kappa shape index (κ3) is 2.75. The van der Waals surface area contributed by atoms with Crippen LogP contribution in [-0.4, -0.2) is 33.0 Å². The average molecular weight is 262 g/mol. The van der Waals surface area contributed by atoms with Crippen LogP contribution in [0.15, 0.2) is 18.5 Å². The Hall–Kier alpha value is -2.31. The fourth-order valence-corrected chi connectivity index (χ4v) is 1.71. The van der Waals surface area contributed by atoms with Crippen LogP contribution in [0.25, 0.3) is 11.4 Å². The monoisotopic (exact) mass is 262 g/mol. The molecule has 0 aliphatic rings. The molecule has 6 nitrogen and oxygen atoms in total. The highest BCUT2D eigenvalue weighted by molar-refractivity contribution is 5.57. The van der Waals surface area contributed by atoms with Gasteiger partial charge in [0.05, 0.1) is 11.8 Å². The van der Waals surface area contributed by atoms with Crippen LogP contribution in [0.5, 0.6) is 0 Å². The summed E-state index contributed by atoms with van der Waals surface area (Å²) in [5, 5.41) is 0. The minimum absolute atomic E-state index is 0.0723. The predicted octanol–water partition coefficient (Wildman–Crippen LogP) is 1.50. The molecule has 7 heteroatoms. The van der Waals surface area contributed by atoms with E-state index in [-0.39, 0.29) is 17.3 Å². The maximum atomic E-state index is 13.7. The van der Waals surface area contributed by atoms with E-state index in [0.717, 1.165) is 19.3 Å². The minimum Gasteiger partial charge on any atom is -0.368 e. The van der Waals surface area contributed by atoms with Crippen LogP contribution in [0.1, 0.15) is 13.8 Å². The van der Waals surface area contributed by atoms with E-state index >= 15 is 0 Å². The molecule has 0 aliphatic heterocycles. The zero-order chi connectivity index (χ0) is 13.8. The van der Waals surface area contributed by atoms with E-state index < -0.39 is 5.82 Å². The number of nitrogens with zero attached hydrogens (tertiary/aromatic N) is 5. The summed E-state index contributed by atoms with van der Waals surface area (Å²) in [7, 11) is 0. The number of hydrogen-bond acceptors (Lipinski definition) is 6. The number of anilines is 2. The lowest BCUT2D eigenvalue weighted by Crippen LogP contribution is -2.25. The van der Waals surface area contributed by atoms with Crippen LogP contribution in [-0.2, 0) is 0 Å². The summed E-state index contributed by atoms with van der Waals surface area (Å²) in [6, 6.07) is 1.51. The Bertz CT molecular complexity index is 570. The lowest BCUT2D eigenvalue weighted by Gasteiger charge is -2.18. The van der Waals surface area contributed by atoms with E-state index in [1.165, 1.54) is 12.3 Å². The number of nitrogens with two attached hydrogens (primary N) is 1. The molecule has 0 bridgehead atoms. The van der Waals surface area contributed by atoms with Gasteiger partial charge in [-0.25, -0.2) is 4.39 Å². The maximum absolute atomic E-state index is 13.7. The first-order chi connectivity index (χ1) is 9.15. The fraction of sp³-hybridized carbons (Fsp3) is 0.333. The van der Waals surface area contributed by atoms with Crippen molar-refractivity contribution in [3.63, 3.8) is 0 Å². The number of rotatable bonds is 4. The predicted molar refractivity (Wildman–Crippen MR) is 71.0 cm³/mol. The Labute approximate surface area is 110 Å². The Morgan fingerprint density at radius 1 is 1.21 bits per heavy atom. The quantitative estimate of drug-likeness (QED) is 0.899. The number of halogens is 1. The van der Waals surface area contributed by atoms with Crippen LogP contribution < -0.4 is 10.6 Å². The van der Waals surface area contributed by atoms with Crippen molar-refractivity contribution < 1.29 is 4.39 Å². The normalized spacial score (nSPS) is 10.5. The molecule has 0 saturated carbocycles. The standard InChI is InChI=1S/C12H15FN6/c1-3-19(4-2)12-17-10(16-11(14)18-12)8-5-6-15-7-9(8)13/h5-7H,3-4H2,1-2H3,(H2,14,16,17,18). The van der Waals surface area contributed by atoms with Gasteiger partial charge in [-0.1, -0.05) is 0 Å². The van der Waals surface area contributed by atoms with Gasteiger partial charge in [0.2, 0.25) is 11.9 Å². The molecule has 0 radical (unpaired) electrons. The van der Waals surface area contributed by atoms with E-state index in [0.29, 0.717) is 5.95 Å². The number of aromatic nitrogens is 4. The molecule has 0 spiro atoms. The molecule has 0 aliphatic carbocycles.